The van der Waals surface area contributed by atoms with Crippen molar-refractivity contribution >= 4 is 17.4 Å². The van der Waals surface area contributed by atoms with Gasteiger partial charge in [-0.3, -0.25) is 0 Å². The van der Waals surface area contributed by atoms with Crippen molar-refractivity contribution in [3.63, 3.8) is 0 Å². The summed E-state index contributed by atoms with van der Waals surface area (Å²) in [5.41, 5.74) is 3.34. The van der Waals surface area contributed by atoms with Crippen molar-refractivity contribution in [3.8, 4) is 0 Å². The minimum Gasteiger partial charge on any atom is -0.380 e. The molecule has 0 amide bonds. The Morgan fingerprint density at radius 3 is 2.67 bits per heavy atom. The summed E-state index contributed by atoms with van der Waals surface area (Å²) in [6.07, 6.45) is 3.36. The molecule has 0 aliphatic carbocycles. The molecule has 112 valence electrons. The largest absolute Gasteiger partial charge is 0.380 e. The molecule has 2 aromatic rings. The number of anilines is 1. The molecular formula is C16H20ClN3O. The molecule has 4 nitrogen and oxygen atoms in total. The molecule has 1 heterocycles. The summed E-state index contributed by atoms with van der Waals surface area (Å²) in [7, 11) is 1.70. The molecule has 2 rings (SSSR count). The number of halogens is 1. The lowest BCUT2D eigenvalue weighted by Crippen LogP contribution is -2.08. The maximum Gasteiger partial charge on any atom is 0.137 e. The van der Waals surface area contributed by atoms with E-state index in [2.05, 4.69) is 34.3 Å². The fourth-order valence-corrected chi connectivity index (χ4v) is 2.45. The maximum atomic E-state index is 6.16. The van der Waals surface area contributed by atoms with E-state index in [0.717, 1.165) is 24.2 Å². The van der Waals surface area contributed by atoms with Crippen LogP contribution < -0.4 is 5.32 Å². The van der Waals surface area contributed by atoms with Crippen molar-refractivity contribution in [2.45, 2.75) is 32.9 Å². The van der Waals surface area contributed by atoms with Gasteiger partial charge in [-0.05, 0) is 17.5 Å². The predicted molar refractivity (Wildman–Crippen MR) is 85.5 cm³/mol. The minimum absolute atomic E-state index is 0.527. The molecule has 0 aliphatic heterocycles. The molecule has 0 bridgehead atoms. The van der Waals surface area contributed by atoms with E-state index in [0.29, 0.717) is 18.3 Å². The average Bonchev–Trinajstić information content (AvgIpc) is 2.50. The Morgan fingerprint density at radius 1 is 1.19 bits per heavy atom. The number of nitrogens with zero attached hydrogens (tertiary/aromatic N) is 2. The Kier molecular flexibility index (Phi) is 5.96. The second-order valence-corrected chi connectivity index (χ2v) is 5.15. The van der Waals surface area contributed by atoms with Crippen LogP contribution in [0.1, 0.15) is 30.0 Å². The number of nitrogens with one attached hydrogen (secondary N) is 1. The summed E-state index contributed by atoms with van der Waals surface area (Å²) in [5.74, 6) is 0.809. The summed E-state index contributed by atoms with van der Waals surface area (Å²) in [6.45, 7) is 3.40. The SMILES string of the molecule is CCCc1c(Cl)ncnc1NCc1ccccc1COC. The van der Waals surface area contributed by atoms with Crippen molar-refractivity contribution in [2.24, 2.45) is 0 Å². The van der Waals surface area contributed by atoms with E-state index in [1.165, 1.54) is 17.5 Å². The van der Waals surface area contributed by atoms with Crippen molar-refractivity contribution in [3.05, 3.63) is 52.4 Å². The van der Waals surface area contributed by atoms with Gasteiger partial charge >= 0.3 is 0 Å². The van der Waals surface area contributed by atoms with E-state index in [-0.39, 0.29) is 0 Å². The second-order valence-electron chi connectivity index (χ2n) is 4.80. The molecule has 0 unspecified atom stereocenters. The Hall–Kier alpha value is -1.65. The van der Waals surface area contributed by atoms with E-state index in [1.807, 2.05) is 12.1 Å². The molecule has 0 radical (unpaired) electrons. The molecule has 0 aliphatic rings. The molecule has 1 aromatic carbocycles. The van der Waals surface area contributed by atoms with Gasteiger partial charge in [-0.1, -0.05) is 49.2 Å². The number of hydrogen-bond acceptors (Lipinski definition) is 4. The normalized spacial score (nSPS) is 10.6. The van der Waals surface area contributed by atoms with Crippen LogP contribution in [0.4, 0.5) is 5.82 Å². The van der Waals surface area contributed by atoms with Crippen molar-refractivity contribution in [1.82, 2.24) is 9.97 Å². The molecule has 0 fully saturated rings. The van der Waals surface area contributed by atoms with Gasteiger partial charge in [0.05, 0.1) is 6.61 Å². The van der Waals surface area contributed by atoms with Gasteiger partial charge in [0.2, 0.25) is 0 Å². The molecule has 0 saturated carbocycles. The quantitative estimate of drug-likeness (QED) is 0.790. The van der Waals surface area contributed by atoms with Crippen LogP contribution >= 0.6 is 11.6 Å². The predicted octanol–water partition coefficient (Wildman–Crippen LogP) is 3.84. The fourth-order valence-electron chi connectivity index (χ4n) is 2.22. The third kappa shape index (κ3) is 4.16. The highest BCUT2D eigenvalue weighted by Crippen LogP contribution is 2.22. The first-order chi connectivity index (χ1) is 10.3. The van der Waals surface area contributed by atoms with Crippen LogP contribution in [0.2, 0.25) is 5.15 Å². The van der Waals surface area contributed by atoms with Gasteiger partial charge in [-0.15, -0.1) is 0 Å². The summed E-state index contributed by atoms with van der Waals surface area (Å²) in [4.78, 5) is 8.37. The molecule has 5 heteroatoms. The van der Waals surface area contributed by atoms with Gasteiger partial charge in [0.1, 0.15) is 17.3 Å². The second kappa shape index (κ2) is 7.96. The zero-order valence-corrected chi connectivity index (χ0v) is 13.2. The number of ether oxygens (including phenoxy) is 1. The molecule has 1 N–H and O–H groups in total. The van der Waals surface area contributed by atoms with Crippen molar-refractivity contribution < 1.29 is 4.74 Å². The molecule has 1 aromatic heterocycles. The van der Waals surface area contributed by atoms with E-state index >= 15 is 0 Å². The summed E-state index contributed by atoms with van der Waals surface area (Å²) < 4.78 is 5.23. The zero-order valence-electron chi connectivity index (χ0n) is 12.4. The van der Waals surface area contributed by atoms with Crippen LogP contribution in [0, 0.1) is 0 Å². The van der Waals surface area contributed by atoms with Crippen LogP contribution in [0.25, 0.3) is 0 Å². The van der Waals surface area contributed by atoms with Gasteiger partial charge < -0.3 is 10.1 Å². The zero-order chi connectivity index (χ0) is 15.1. The molecular weight excluding hydrogens is 286 g/mol. The standard InChI is InChI=1S/C16H20ClN3O/c1-3-6-14-15(17)19-11-20-16(14)18-9-12-7-4-5-8-13(12)10-21-2/h4-5,7-8,11H,3,6,9-10H2,1-2H3,(H,18,19,20). The fraction of sp³-hybridized carbons (Fsp3) is 0.375. The van der Waals surface area contributed by atoms with Crippen LogP contribution in [0.15, 0.2) is 30.6 Å². The maximum absolute atomic E-state index is 6.16. The van der Waals surface area contributed by atoms with Gasteiger partial charge in [0.15, 0.2) is 0 Å². The molecule has 21 heavy (non-hydrogen) atoms. The van der Waals surface area contributed by atoms with Gasteiger partial charge in [-0.2, -0.15) is 0 Å². The van der Waals surface area contributed by atoms with Crippen LogP contribution in [0.3, 0.4) is 0 Å². The third-order valence-corrected chi connectivity index (χ3v) is 3.58. The Labute approximate surface area is 130 Å². The monoisotopic (exact) mass is 305 g/mol. The molecule has 0 saturated heterocycles. The van der Waals surface area contributed by atoms with Crippen LogP contribution in [0.5, 0.6) is 0 Å². The number of rotatable bonds is 7. The summed E-state index contributed by atoms with van der Waals surface area (Å²) in [5, 5.41) is 3.89. The van der Waals surface area contributed by atoms with Gasteiger partial charge in [-0.25, -0.2) is 9.97 Å². The topological polar surface area (TPSA) is 47.0 Å². The lowest BCUT2D eigenvalue weighted by atomic mass is 10.1. The lowest BCUT2D eigenvalue weighted by molar-refractivity contribution is 0.184. The average molecular weight is 306 g/mol. The van der Waals surface area contributed by atoms with E-state index in [1.54, 1.807) is 7.11 Å². The van der Waals surface area contributed by atoms with Crippen LogP contribution in [-0.2, 0) is 24.3 Å². The number of methoxy groups -OCH3 is 1. The van der Waals surface area contributed by atoms with E-state index < -0.39 is 0 Å². The molecule has 0 spiro atoms. The Bertz CT molecular complexity index is 589. The smallest absolute Gasteiger partial charge is 0.137 e. The minimum atomic E-state index is 0.527. The van der Waals surface area contributed by atoms with Crippen molar-refractivity contribution in [1.29, 1.82) is 0 Å². The summed E-state index contributed by atoms with van der Waals surface area (Å²) in [6, 6.07) is 8.20. The number of aromatic nitrogens is 2. The first kappa shape index (κ1) is 15.7. The Balaban J connectivity index is 2.15. The van der Waals surface area contributed by atoms with E-state index in [4.69, 9.17) is 16.3 Å². The Morgan fingerprint density at radius 2 is 1.95 bits per heavy atom. The van der Waals surface area contributed by atoms with Gasteiger partial charge in [0.25, 0.3) is 0 Å². The van der Waals surface area contributed by atoms with E-state index in [9.17, 15) is 0 Å². The van der Waals surface area contributed by atoms with Crippen molar-refractivity contribution in [2.75, 3.05) is 12.4 Å². The first-order valence-electron chi connectivity index (χ1n) is 7.05. The number of hydrogen-bond donors (Lipinski definition) is 1. The lowest BCUT2D eigenvalue weighted by Gasteiger charge is -2.13. The van der Waals surface area contributed by atoms with Gasteiger partial charge in [0, 0.05) is 19.2 Å². The van der Waals surface area contributed by atoms with Crippen LogP contribution in [-0.4, -0.2) is 17.1 Å². The third-order valence-electron chi connectivity index (χ3n) is 3.26. The highest BCUT2D eigenvalue weighted by Gasteiger charge is 2.09. The first-order valence-corrected chi connectivity index (χ1v) is 7.43. The highest BCUT2D eigenvalue weighted by atomic mass is 35.5. The summed E-state index contributed by atoms with van der Waals surface area (Å²) >= 11 is 6.16. The molecule has 0 atom stereocenters. The number of benzene rings is 1. The highest BCUT2D eigenvalue weighted by molar-refractivity contribution is 6.30.